The number of fused-ring (bicyclic) bond motifs is 1. The maximum absolute atomic E-state index is 11.4. The zero-order valence-corrected chi connectivity index (χ0v) is 6.71. The maximum atomic E-state index is 11.4. The molecule has 0 spiro atoms. The number of aromatic nitrogens is 2. The van der Waals surface area contributed by atoms with Crippen molar-refractivity contribution in [2.24, 2.45) is 11.7 Å². The number of hydrogen-bond donors (Lipinski definition) is 2. The molecule has 2 rings (SSSR count). The van der Waals surface area contributed by atoms with Gasteiger partial charge in [-0.25, -0.2) is 0 Å². The number of nitrogens with two attached hydrogens (primary N) is 1. The Morgan fingerprint density at radius 2 is 2.50 bits per heavy atom. The topological polar surface area (TPSA) is 71.8 Å². The highest BCUT2D eigenvalue weighted by Gasteiger charge is 2.25. The van der Waals surface area contributed by atoms with Crippen molar-refractivity contribution in [3.05, 3.63) is 17.5 Å². The first-order valence-electron chi connectivity index (χ1n) is 4.06. The number of nitrogens with zero attached hydrogens (tertiary/aromatic N) is 1. The molecular weight excluding hydrogens is 154 g/mol. The Hall–Kier alpha value is -1.16. The van der Waals surface area contributed by atoms with Gasteiger partial charge in [0, 0.05) is 12.1 Å². The van der Waals surface area contributed by atoms with E-state index < -0.39 is 0 Å². The van der Waals surface area contributed by atoms with E-state index in [2.05, 4.69) is 10.2 Å². The normalized spacial score (nSPS) is 22.4. The van der Waals surface area contributed by atoms with Crippen LogP contribution in [0.4, 0.5) is 0 Å². The van der Waals surface area contributed by atoms with Crippen LogP contribution in [0.1, 0.15) is 22.5 Å². The summed E-state index contributed by atoms with van der Waals surface area (Å²) in [5.74, 6) is 0.464. The molecule has 1 atom stereocenters. The van der Waals surface area contributed by atoms with Crippen molar-refractivity contribution < 1.29 is 4.79 Å². The van der Waals surface area contributed by atoms with Gasteiger partial charge in [0.1, 0.15) is 0 Å². The lowest BCUT2D eigenvalue weighted by Crippen LogP contribution is -2.25. The number of H-pyrrole nitrogens is 1. The third-order valence-corrected chi connectivity index (χ3v) is 2.32. The Labute approximate surface area is 70.1 Å². The van der Waals surface area contributed by atoms with Crippen LogP contribution in [0.25, 0.3) is 0 Å². The molecule has 1 unspecified atom stereocenters. The fourth-order valence-electron chi connectivity index (χ4n) is 1.61. The smallest absolute Gasteiger partial charge is 0.166 e. The maximum Gasteiger partial charge on any atom is 0.166 e. The first-order chi connectivity index (χ1) is 5.81. The fraction of sp³-hybridized carbons (Fsp3) is 0.500. The van der Waals surface area contributed by atoms with E-state index in [4.69, 9.17) is 5.73 Å². The molecule has 0 aromatic carbocycles. The summed E-state index contributed by atoms with van der Waals surface area (Å²) >= 11 is 0. The molecule has 0 radical (unpaired) electrons. The van der Waals surface area contributed by atoms with Crippen LogP contribution in [0.3, 0.4) is 0 Å². The van der Waals surface area contributed by atoms with Crippen molar-refractivity contribution in [3.63, 3.8) is 0 Å². The third-order valence-electron chi connectivity index (χ3n) is 2.32. The van der Waals surface area contributed by atoms with Gasteiger partial charge in [0.25, 0.3) is 0 Å². The number of ketones is 1. The van der Waals surface area contributed by atoms with Crippen LogP contribution in [-0.4, -0.2) is 22.5 Å². The standard InChI is InChI=1S/C8H11N3O/c9-3-5-1-7-6(4-10-11-7)8(12)2-5/h4-5H,1-3,9H2,(H,10,11). The van der Waals surface area contributed by atoms with Crippen molar-refractivity contribution in [2.45, 2.75) is 12.8 Å². The number of nitrogens with one attached hydrogen (secondary N) is 1. The Balaban J connectivity index is 2.32. The minimum atomic E-state index is 0.167. The SMILES string of the molecule is NCC1CC(=O)c2cn[nH]c2C1. The number of aromatic amines is 1. The van der Waals surface area contributed by atoms with E-state index in [1.54, 1.807) is 6.20 Å². The minimum absolute atomic E-state index is 0.167. The monoisotopic (exact) mass is 165 g/mol. The van der Waals surface area contributed by atoms with Crippen molar-refractivity contribution in [1.29, 1.82) is 0 Å². The molecule has 0 saturated carbocycles. The lowest BCUT2D eigenvalue weighted by atomic mass is 9.87. The molecule has 1 aliphatic rings. The second-order valence-electron chi connectivity index (χ2n) is 3.20. The summed E-state index contributed by atoms with van der Waals surface area (Å²) in [6.45, 7) is 0.574. The summed E-state index contributed by atoms with van der Waals surface area (Å²) in [5.41, 5.74) is 7.20. The van der Waals surface area contributed by atoms with Crippen molar-refractivity contribution in [3.8, 4) is 0 Å². The first-order valence-corrected chi connectivity index (χ1v) is 4.06. The highest BCUT2D eigenvalue weighted by Crippen LogP contribution is 2.22. The molecule has 1 aliphatic carbocycles. The molecule has 0 saturated heterocycles. The van der Waals surface area contributed by atoms with Gasteiger partial charge in [0.15, 0.2) is 5.78 Å². The van der Waals surface area contributed by atoms with Crippen molar-refractivity contribution in [1.82, 2.24) is 10.2 Å². The lowest BCUT2D eigenvalue weighted by molar-refractivity contribution is 0.0950. The summed E-state index contributed by atoms with van der Waals surface area (Å²) in [4.78, 5) is 11.4. The van der Waals surface area contributed by atoms with Crippen LogP contribution >= 0.6 is 0 Å². The van der Waals surface area contributed by atoms with Crippen LogP contribution in [0, 0.1) is 5.92 Å². The zero-order chi connectivity index (χ0) is 8.55. The van der Waals surface area contributed by atoms with Gasteiger partial charge in [0.2, 0.25) is 0 Å². The third kappa shape index (κ3) is 1.04. The van der Waals surface area contributed by atoms with E-state index in [1.807, 2.05) is 0 Å². The fourth-order valence-corrected chi connectivity index (χ4v) is 1.61. The highest BCUT2D eigenvalue weighted by molar-refractivity contribution is 5.98. The van der Waals surface area contributed by atoms with Crippen LogP contribution in [0.5, 0.6) is 0 Å². The average Bonchev–Trinajstić information content (AvgIpc) is 2.52. The summed E-state index contributed by atoms with van der Waals surface area (Å²) in [6, 6.07) is 0. The molecule has 0 bridgehead atoms. The van der Waals surface area contributed by atoms with Crippen LogP contribution < -0.4 is 5.73 Å². The van der Waals surface area contributed by atoms with Crippen molar-refractivity contribution in [2.75, 3.05) is 6.54 Å². The quantitative estimate of drug-likeness (QED) is 0.620. The Morgan fingerprint density at radius 1 is 1.67 bits per heavy atom. The molecular formula is C8H11N3O. The predicted octanol–water partition coefficient (Wildman–Crippen LogP) is 0.114. The van der Waals surface area contributed by atoms with E-state index >= 15 is 0 Å². The molecule has 1 aromatic rings. The zero-order valence-electron chi connectivity index (χ0n) is 6.71. The van der Waals surface area contributed by atoms with Gasteiger partial charge in [-0.1, -0.05) is 0 Å². The molecule has 1 heterocycles. The van der Waals surface area contributed by atoms with Crippen molar-refractivity contribution >= 4 is 5.78 Å². The molecule has 12 heavy (non-hydrogen) atoms. The molecule has 3 N–H and O–H groups in total. The van der Waals surface area contributed by atoms with E-state index in [-0.39, 0.29) is 5.78 Å². The van der Waals surface area contributed by atoms with Crippen LogP contribution in [-0.2, 0) is 6.42 Å². The number of carbonyl (C=O) groups excluding carboxylic acids is 1. The Bertz CT molecular complexity index is 305. The Kier molecular flexibility index (Phi) is 1.69. The minimum Gasteiger partial charge on any atom is -0.330 e. The first kappa shape index (κ1) is 7.49. The van der Waals surface area contributed by atoms with Gasteiger partial charge in [-0.2, -0.15) is 5.10 Å². The number of rotatable bonds is 1. The number of carbonyl (C=O) groups is 1. The summed E-state index contributed by atoms with van der Waals surface area (Å²) in [7, 11) is 0. The van der Waals surface area contributed by atoms with Gasteiger partial charge in [0.05, 0.1) is 11.8 Å². The predicted molar refractivity (Wildman–Crippen MR) is 43.8 cm³/mol. The highest BCUT2D eigenvalue weighted by atomic mass is 16.1. The summed E-state index contributed by atoms with van der Waals surface area (Å²) < 4.78 is 0. The molecule has 4 heteroatoms. The average molecular weight is 165 g/mol. The Morgan fingerprint density at radius 3 is 3.25 bits per heavy atom. The molecule has 64 valence electrons. The largest absolute Gasteiger partial charge is 0.330 e. The summed E-state index contributed by atoms with van der Waals surface area (Å²) in [6.07, 6.45) is 3.03. The molecule has 0 aliphatic heterocycles. The van der Waals surface area contributed by atoms with E-state index in [1.165, 1.54) is 0 Å². The van der Waals surface area contributed by atoms with Gasteiger partial charge in [-0.15, -0.1) is 0 Å². The van der Waals surface area contributed by atoms with Gasteiger partial charge < -0.3 is 5.73 Å². The second kappa shape index (κ2) is 2.71. The lowest BCUT2D eigenvalue weighted by Gasteiger charge is -2.18. The molecule has 1 aromatic heterocycles. The van der Waals surface area contributed by atoms with Crippen LogP contribution in [0.2, 0.25) is 0 Å². The van der Waals surface area contributed by atoms with Gasteiger partial charge in [-0.3, -0.25) is 9.89 Å². The molecule has 4 nitrogen and oxygen atoms in total. The number of Topliss-reactive ketones (excluding diaryl/α,β-unsaturated/α-hetero) is 1. The number of hydrogen-bond acceptors (Lipinski definition) is 3. The van der Waals surface area contributed by atoms with E-state index in [9.17, 15) is 4.79 Å². The van der Waals surface area contributed by atoms with E-state index in [0.29, 0.717) is 18.9 Å². The van der Waals surface area contributed by atoms with Gasteiger partial charge >= 0.3 is 0 Å². The second-order valence-corrected chi connectivity index (χ2v) is 3.20. The van der Waals surface area contributed by atoms with E-state index in [0.717, 1.165) is 17.7 Å². The van der Waals surface area contributed by atoms with Crippen LogP contribution in [0.15, 0.2) is 6.20 Å². The summed E-state index contributed by atoms with van der Waals surface area (Å²) in [5, 5.41) is 6.66. The van der Waals surface area contributed by atoms with Gasteiger partial charge in [-0.05, 0) is 18.9 Å². The molecule has 0 fully saturated rings. The molecule has 0 amide bonds.